The molecule has 0 spiro atoms. The van der Waals surface area contributed by atoms with E-state index < -0.39 is 10.7 Å². The third-order valence-corrected chi connectivity index (χ3v) is 5.41. The molecule has 0 amide bonds. The lowest BCUT2D eigenvalue weighted by molar-refractivity contribution is -0.405. The van der Waals surface area contributed by atoms with Gasteiger partial charge in [-0.1, -0.05) is 0 Å². The molecule has 1 aliphatic rings. The lowest BCUT2D eigenvalue weighted by Crippen LogP contribution is -2.42. The Morgan fingerprint density at radius 3 is 2.75 bits per heavy atom. The van der Waals surface area contributed by atoms with Crippen LogP contribution in [-0.4, -0.2) is 69.3 Å². The monoisotopic (exact) mass is 512 g/mol. The van der Waals surface area contributed by atoms with Crippen LogP contribution in [0.3, 0.4) is 0 Å². The molecule has 0 unspecified atom stereocenters. The summed E-state index contributed by atoms with van der Waals surface area (Å²) < 4.78 is 18.5. The summed E-state index contributed by atoms with van der Waals surface area (Å²) in [7, 11) is 3.52. The van der Waals surface area contributed by atoms with Gasteiger partial charge in [0, 0.05) is 33.2 Å². The number of nitrogens with zero attached hydrogens (tertiary/aromatic N) is 6. The van der Waals surface area contributed by atoms with Gasteiger partial charge in [0.2, 0.25) is 5.82 Å². The molecule has 172 valence electrons. The Bertz CT molecular complexity index is 1020. The maximum Gasteiger partial charge on any atom is 0.274 e. The first-order chi connectivity index (χ1) is 15.3. The molecule has 1 aromatic heterocycles. The molecular weight excluding hydrogens is 491 g/mol. The van der Waals surface area contributed by atoms with E-state index in [1.54, 1.807) is 19.0 Å². The van der Waals surface area contributed by atoms with Gasteiger partial charge < -0.3 is 15.1 Å². The van der Waals surface area contributed by atoms with Crippen LogP contribution in [0.2, 0.25) is 0 Å². The van der Waals surface area contributed by atoms with E-state index in [0.29, 0.717) is 37.4 Å². The maximum atomic E-state index is 13.4. The number of likely N-dealkylation sites (tertiary alicyclic amines) is 1. The number of hydroxylamine groups is 1. The minimum atomic E-state index is -0.463. The van der Waals surface area contributed by atoms with Crippen molar-refractivity contribution in [3.8, 4) is 0 Å². The highest BCUT2D eigenvalue weighted by Gasteiger charge is 2.26. The topological polar surface area (TPSA) is 145 Å². The summed E-state index contributed by atoms with van der Waals surface area (Å²) >= 11 is 3.09. The summed E-state index contributed by atoms with van der Waals surface area (Å²) in [5.74, 6) is 0.332. The molecule has 3 rings (SSSR count). The van der Waals surface area contributed by atoms with Crippen molar-refractivity contribution < 1.29 is 19.2 Å². The molecule has 14 heteroatoms. The van der Waals surface area contributed by atoms with Gasteiger partial charge in [0.15, 0.2) is 17.4 Å². The fourth-order valence-corrected chi connectivity index (χ4v) is 3.64. The highest BCUT2D eigenvalue weighted by Crippen LogP contribution is 2.24. The standard InChI is InChI=1S/C18H22BrFN8O4/c1-26(2)15(10-28(30)31)27-7-5-11(6-8-27)21-18-16(24-32-25-18)17(23-29)22-12-3-4-14(20)13(19)9-12/h3-4,9-11,29H,5-8H2,1-2H3,(H,21,25)(H,22,23). The lowest BCUT2D eigenvalue weighted by atomic mass is 10.0. The SMILES string of the molecule is CN(C)C(=C[N+](=O)[O-])N1CCC(Nc2nonc2C(=Nc2ccc(F)c(Br)c2)NO)CC1. The first kappa shape index (κ1) is 23.4. The van der Waals surface area contributed by atoms with Gasteiger partial charge in [-0.3, -0.25) is 20.8 Å². The van der Waals surface area contributed by atoms with Crippen molar-refractivity contribution in [1.29, 1.82) is 0 Å². The predicted molar refractivity (Wildman–Crippen MR) is 116 cm³/mol. The van der Waals surface area contributed by atoms with Gasteiger partial charge in [-0.15, -0.1) is 0 Å². The zero-order valence-corrected chi connectivity index (χ0v) is 18.9. The second-order valence-corrected chi connectivity index (χ2v) is 8.06. The van der Waals surface area contributed by atoms with Crippen molar-refractivity contribution in [3.05, 3.63) is 56.3 Å². The zero-order chi connectivity index (χ0) is 23.3. The summed E-state index contributed by atoms with van der Waals surface area (Å²) in [6, 6.07) is 4.12. The van der Waals surface area contributed by atoms with Crippen LogP contribution in [0.1, 0.15) is 18.5 Å². The fraction of sp³-hybridized carbons (Fsp3) is 0.389. The van der Waals surface area contributed by atoms with Crippen LogP contribution in [0.25, 0.3) is 0 Å². The molecule has 1 aromatic carbocycles. The Kier molecular flexibility index (Phi) is 7.58. The van der Waals surface area contributed by atoms with E-state index in [1.807, 2.05) is 10.4 Å². The van der Waals surface area contributed by atoms with Crippen LogP contribution >= 0.6 is 15.9 Å². The molecule has 32 heavy (non-hydrogen) atoms. The third-order valence-electron chi connectivity index (χ3n) is 4.80. The van der Waals surface area contributed by atoms with Crippen molar-refractivity contribution in [2.45, 2.75) is 18.9 Å². The molecule has 0 radical (unpaired) electrons. The number of piperidine rings is 1. The van der Waals surface area contributed by atoms with Crippen molar-refractivity contribution in [2.75, 3.05) is 32.5 Å². The molecule has 1 fully saturated rings. The number of aromatic nitrogens is 2. The van der Waals surface area contributed by atoms with Gasteiger partial charge in [-0.25, -0.2) is 14.0 Å². The molecule has 3 N–H and O–H groups in total. The first-order valence-electron chi connectivity index (χ1n) is 9.59. The average Bonchev–Trinajstić information content (AvgIpc) is 3.21. The van der Waals surface area contributed by atoms with Gasteiger partial charge in [-0.2, -0.15) is 0 Å². The van der Waals surface area contributed by atoms with Gasteiger partial charge in [0.25, 0.3) is 6.20 Å². The number of anilines is 1. The second kappa shape index (κ2) is 10.4. The minimum Gasteiger partial charge on any atom is -0.362 e. The molecule has 2 heterocycles. The highest BCUT2D eigenvalue weighted by atomic mass is 79.9. The van der Waals surface area contributed by atoms with Crippen molar-refractivity contribution in [2.24, 2.45) is 4.99 Å². The quantitative estimate of drug-likeness (QED) is 0.219. The number of hydrogen-bond donors (Lipinski definition) is 3. The maximum absolute atomic E-state index is 13.4. The number of halogens is 2. The Morgan fingerprint density at radius 2 is 2.16 bits per heavy atom. The van der Waals surface area contributed by atoms with E-state index >= 15 is 0 Å². The fourth-order valence-electron chi connectivity index (χ4n) is 3.27. The molecule has 0 atom stereocenters. The molecular formula is C18H22BrFN8O4. The van der Waals surface area contributed by atoms with Crippen LogP contribution in [0.15, 0.2) is 44.3 Å². The summed E-state index contributed by atoms with van der Waals surface area (Å²) in [4.78, 5) is 18.3. The van der Waals surface area contributed by atoms with Crippen LogP contribution in [0.4, 0.5) is 15.9 Å². The highest BCUT2D eigenvalue weighted by molar-refractivity contribution is 9.10. The molecule has 1 aliphatic heterocycles. The zero-order valence-electron chi connectivity index (χ0n) is 17.3. The normalized spacial score (nSPS) is 15.6. The lowest BCUT2D eigenvalue weighted by Gasteiger charge is -2.36. The van der Waals surface area contributed by atoms with Crippen LogP contribution in [-0.2, 0) is 0 Å². The minimum absolute atomic E-state index is 0.00386. The van der Waals surface area contributed by atoms with Crippen molar-refractivity contribution in [1.82, 2.24) is 25.6 Å². The van der Waals surface area contributed by atoms with Gasteiger partial charge in [0.05, 0.1) is 15.1 Å². The van der Waals surface area contributed by atoms with E-state index in [2.05, 4.69) is 36.6 Å². The van der Waals surface area contributed by atoms with Crippen LogP contribution in [0.5, 0.6) is 0 Å². The average molecular weight is 513 g/mol. The molecule has 0 bridgehead atoms. The summed E-state index contributed by atoms with van der Waals surface area (Å²) in [6.07, 6.45) is 2.36. The van der Waals surface area contributed by atoms with Gasteiger partial charge in [-0.05, 0) is 57.3 Å². The summed E-state index contributed by atoms with van der Waals surface area (Å²) in [5, 5.41) is 31.3. The van der Waals surface area contributed by atoms with E-state index in [-0.39, 0.29) is 27.9 Å². The first-order valence-corrected chi connectivity index (χ1v) is 10.4. The number of nitro groups is 1. The number of hydrogen-bond acceptors (Lipinski definition) is 10. The Balaban J connectivity index is 1.70. The van der Waals surface area contributed by atoms with Crippen molar-refractivity contribution in [3.63, 3.8) is 0 Å². The molecule has 0 saturated carbocycles. The number of benzene rings is 1. The molecule has 0 aliphatic carbocycles. The Morgan fingerprint density at radius 1 is 1.44 bits per heavy atom. The van der Waals surface area contributed by atoms with E-state index in [1.165, 1.54) is 18.2 Å². The second-order valence-electron chi connectivity index (χ2n) is 7.20. The Hall–Kier alpha value is -3.26. The van der Waals surface area contributed by atoms with Crippen molar-refractivity contribution >= 4 is 33.3 Å². The van der Waals surface area contributed by atoms with E-state index in [4.69, 9.17) is 4.63 Å². The Labute approximate surface area is 191 Å². The number of amidine groups is 1. The predicted octanol–water partition coefficient (Wildman–Crippen LogP) is 2.54. The van der Waals surface area contributed by atoms with Crippen LogP contribution in [0, 0.1) is 15.9 Å². The molecule has 1 saturated heterocycles. The summed E-state index contributed by atoms with van der Waals surface area (Å²) in [6.45, 7) is 1.19. The van der Waals surface area contributed by atoms with E-state index in [0.717, 1.165) is 6.20 Å². The largest absolute Gasteiger partial charge is 0.362 e. The van der Waals surface area contributed by atoms with Gasteiger partial charge in [0.1, 0.15) is 5.82 Å². The van der Waals surface area contributed by atoms with Crippen LogP contribution < -0.4 is 10.8 Å². The van der Waals surface area contributed by atoms with E-state index in [9.17, 15) is 19.7 Å². The molecule has 12 nitrogen and oxygen atoms in total. The summed E-state index contributed by atoms with van der Waals surface area (Å²) in [5.41, 5.74) is 2.49. The van der Waals surface area contributed by atoms with Gasteiger partial charge >= 0.3 is 0 Å². The third kappa shape index (κ3) is 5.70. The number of rotatable bonds is 7. The molecule has 2 aromatic rings. The number of nitrogens with one attached hydrogen (secondary N) is 2. The smallest absolute Gasteiger partial charge is 0.274 e. The number of aliphatic imine (C=N–C) groups is 1.